The van der Waals surface area contributed by atoms with E-state index in [1.807, 2.05) is 24.3 Å². The molecule has 122 valence electrons. The van der Waals surface area contributed by atoms with Gasteiger partial charge in [-0.15, -0.1) is 0 Å². The van der Waals surface area contributed by atoms with Crippen molar-refractivity contribution in [2.24, 2.45) is 0 Å². The van der Waals surface area contributed by atoms with E-state index in [1.54, 1.807) is 13.2 Å². The number of ketones is 1. The van der Waals surface area contributed by atoms with Gasteiger partial charge in [0.2, 0.25) is 0 Å². The summed E-state index contributed by atoms with van der Waals surface area (Å²) in [6.45, 7) is 0. The lowest BCUT2D eigenvalue weighted by Gasteiger charge is -2.12. The van der Waals surface area contributed by atoms with E-state index in [0.717, 1.165) is 11.3 Å². The van der Waals surface area contributed by atoms with Crippen molar-refractivity contribution in [2.75, 3.05) is 21.3 Å². The van der Waals surface area contributed by atoms with Gasteiger partial charge >= 0.3 is 0 Å². The molecule has 2 aromatic rings. The number of rotatable bonds is 7. The largest absolute Gasteiger partial charge is 0.507 e. The second-order valence-electron chi connectivity index (χ2n) is 5.07. The maximum absolute atomic E-state index is 12.3. The van der Waals surface area contributed by atoms with Crippen molar-refractivity contribution in [1.82, 2.24) is 0 Å². The lowest BCUT2D eigenvalue weighted by molar-refractivity contribution is -0.117. The standard InChI is InChI=1S/C18H20O5/c1-21-14-6-4-12(5-7-14)8-13(19)9-16-17(20)10-15(22-2)11-18(16)23-3/h4-7,10-11,20H,8-9H2,1-3H3. The molecule has 23 heavy (non-hydrogen) atoms. The zero-order chi connectivity index (χ0) is 16.8. The number of ether oxygens (including phenoxy) is 3. The van der Waals surface area contributed by atoms with Crippen molar-refractivity contribution < 1.29 is 24.1 Å². The average molecular weight is 316 g/mol. The third kappa shape index (κ3) is 4.16. The third-order valence-corrected chi connectivity index (χ3v) is 3.55. The van der Waals surface area contributed by atoms with Crippen LogP contribution in [0.3, 0.4) is 0 Å². The predicted octanol–water partition coefficient (Wildman–Crippen LogP) is 2.77. The number of carbonyl (C=O) groups is 1. The van der Waals surface area contributed by atoms with Crippen molar-refractivity contribution in [1.29, 1.82) is 0 Å². The minimum Gasteiger partial charge on any atom is -0.507 e. The number of hydrogen-bond acceptors (Lipinski definition) is 5. The number of Topliss-reactive ketones (excluding diaryl/α,β-unsaturated/α-hetero) is 1. The molecule has 0 saturated carbocycles. The van der Waals surface area contributed by atoms with E-state index in [2.05, 4.69) is 0 Å². The minimum atomic E-state index is -0.0195. The molecule has 0 radical (unpaired) electrons. The normalized spacial score (nSPS) is 10.2. The van der Waals surface area contributed by atoms with Gasteiger partial charge in [-0.3, -0.25) is 4.79 Å². The molecular formula is C18H20O5. The van der Waals surface area contributed by atoms with Crippen LogP contribution < -0.4 is 14.2 Å². The van der Waals surface area contributed by atoms with Crippen molar-refractivity contribution in [2.45, 2.75) is 12.8 Å². The molecule has 0 bridgehead atoms. The fourth-order valence-corrected chi connectivity index (χ4v) is 2.31. The predicted molar refractivity (Wildman–Crippen MR) is 86.6 cm³/mol. The van der Waals surface area contributed by atoms with Crippen LogP contribution >= 0.6 is 0 Å². The number of phenolic OH excluding ortho intramolecular Hbond substituents is 1. The Labute approximate surface area is 135 Å². The maximum atomic E-state index is 12.3. The van der Waals surface area contributed by atoms with Crippen LogP contribution in [0.1, 0.15) is 11.1 Å². The van der Waals surface area contributed by atoms with E-state index in [1.165, 1.54) is 20.3 Å². The first-order valence-electron chi connectivity index (χ1n) is 7.16. The molecule has 0 heterocycles. The quantitative estimate of drug-likeness (QED) is 0.851. The van der Waals surface area contributed by atoms with E-state index in [9.17, 15) is 9.90 Å². The molecule has 0 unspecified atom stereocenters. The van der Waals surface area contributed by atoms with Crippen molar-refractivity contribution in [3.8, 4) is 23.0 Å². The van der Waals surface area contributed by atoms with Gasteiger partial charge < -0.3 is 19.3 Å². The van der Waals surface area contributed by atoms with E-state index in [4.69, 9.17) is 14.2 Å². The van der Waals surface area contributed by atoms with Crippen molar-refractivity contribution in [3.05, 3.63) is 47.5 Å². The zero-order valence-corrected chi connectivity index (χ0v) is 13.5. The van der Waals surface area contributed by atoms with Gasteiger partial charge in [-0.2, -0.15) is 0 Å². The van der Waals surface area contributed by atoms with Gasteiger partial charge in [-0.1, -0.05) is 12.1 Å². The van der Waals surface area contributed by atoms with Crippen LogP contribution in [0.5, 0.6) is 23.0 Å². The molecule has 0 fully saturated rings. The number of carbonyl (C=O) groups excluding carboxylic acids is 1. The summed E-state index contributed by atoms with van der Waals surface area (Å²) in [7, 11) is 4.59. The summed E-state index contributed by atoms with van der Waals surface area (Å²) in [5.74, 6) is 1.63. The molecule has 2 aromatic carbocycles. The van der Waals surface area contributed by atoms with Crippen LogP contribution in [-0.2, 0) is 17.6 Å². The summed E-state index contributed by atoms with van der Waals surface area (Å²) in [6, 6.07) is 10.4. The summed E-state index contributed by atoms with van der Waals surface area (Å²) in [6.07, 6.45) is 0.365. The van der Waals surface area contributed by atoms with Crippen LogP contribution in [-0.4, -0.2) is 32.2 Å². The van der Waals surface area contributed by atoms with E-state index in [-0.39, 0.29) is 24.4 Å². The van der Waals surface area contributed by atoms with Gasteiger partial charge in [0.05, 0.1) is 21.3 Å². The Morgan fingerprint density at radius 3 is 2.13 bits per heavy atom. The number of methoxy groups -OCH3 is 3. The number of aromatic hydroxyl groups is 1. The van der Waals surface area contributed by atoms with Crippen LogP contribution in [0.4, 0.5) is 0 Å². The molecule has 0 saturated heterocycles. The van der Waals surface area contributed by atoms with Gasteiger partial charge in [0.25, 0.3) is 0 Å². The fourth-order valence-electron chi connectivity index (χ4n) is 2.31. The number of phenols is 1. The molecule has 0 atom stereocenters. The molecule has 1 N–H and O–H groups in total. The molecule has 0 aliphatic carbocycles. The molecule has 5 heteroatoms. The summed E-state index contributed by atoms with van der Waals surface area (Å²) in [4.78, 5) is 12.3. The molecule has 2 rings (SSSR count). The highest BCUT2D eigenvalue weighted by atomic mass is 16.5. The summed E-state index contributed by atoms with van der Waals surface area (Å²) >= 11 is 0. The smallest absolute Gasteiger partial charge is 0.141 e. The number of benzene rings is 2. The Balaban J connectivity index is 2.13. The molecule has 0 aliphatic rings. The van der Waals surface area contributed by atoms with E-state index in [0.29, 0.717) is 17.1 Å². The van der Waals surface area contributed by atoms with Gasteiger partial charge in [-0.05, 0) is 17.7 Å². The highest BCUT2D eigenvalue weighted by Crippen LogP contribution is 2.33. The van der Waals surface area contributed by atoms with Gasteiger partial charge in [-0.25, -0.2) is 0 Å². The Morgan fingerprint density at radius 2 is 1.57 bits per heavy atom. The Hall–Kier alpha value is -2.69. The average Bonchev–Trinajstić information content (AvgIpc) is 2.57. The van der Waals surface area contributed by atoms with E-state index < -0.39 is 0 Å². The van der Waals surface area contributed by atoms with E-state index >= 15 is 0 Å². The van der Waals surface area contributed by atoms with Crippen LogP contribution in [0.15, 0.2) is 36.4 Å². The first-order chi connectivity index (χ1) is 11.1. The Bertz CT molecular complexity index is 677. The second-order valence-corrected chi connectivity index (χ2v) is 5.07. The summed E-state index contributed by atoms with van der Waals surface area (Å²) < 4.78 is 15.4. The lowest BCUT2D eigenvalue weighted by Crippen LogP contribution is -2.08. The molecule has 0 aromatic heterocycles. The summed E-state index contributed by atoms with van der Waals surface area (Å²) in [5, 5.41) is 10.1. The van der Waals surface area contributed by atoms with Crippen molar-refractivity contribution >= 4 is 5.78 Å². The Morgan fingerprint density at radius 1 is 0.913 bits per heavy atom. The number of hydrogen-bond donors (Lipinski definition) is 1. The molecular weight excluding hydrogens is 296 g/mol. The first kappa shape index (κ1) is 16.7. The molecule has 0 spiro atoms. The maximum Gasteiger partial charge on any atom is 0.141 e. The highest BCUT2D eigenvalue weighted by molar-refractivity contribution is 5.84. The van der Waals surface area contributed by atoms with Crippen molar-refractivity contribution in [3.63, 3.8) is 0 Å². The van der Waals surface area contributed by atoms with Crippen LogP contribution in [0.25, 0.3) is 0 Å². The van der Waals surface area contributed by atoms with Gasteiger partial charge in [0, 0.05) is 30.5 Å². The fraction of sp³-hybridized carbons (Fsp3) is 0.278. The topological polar surface area (TPSA) is 65.0 Å². The highest BCUT2D eigenvalue weighted by Gasteiger charge is 2.16. The first-order valence-corrected chi connectivity index (χ1v) is 7.16. The second kappa shape index (κ2) is 7.54. The molecule has 5 nitrogen and oxygen atoms in total. The summed E-state index contributed by atoms with van der Waals surface area (Å²) in [5.41, 5.74) is 1.36. The van der Waals surface area contributed by atoms with Crippen LogP contribution in [0, 0.1) is 0 Å². The zero-order valence-electron chi connectivity index (χ0n) is 13.5. The SMILES string of the molecule is COc1ccc(CC(=O)Cc2c(O)cc(OC)cc2OC)cc1. The monoisotopic (exact) mass is 316 g/mol. The van der Waals surface area contributed by atoms with Gasteiger partial charge in [0.1, 0.15) is 28.8 Å². The third-order valence-electron chi connectivity index (χ3n) is 3.55. The Kier molecular flexibility index (Phi) is 5.46. The van der Waals surface area contributed by atoms with Gasteiger partial charge in [0.15, 0.2) is 0 Å². The van der Waals surface area contributed by atoms with Crippen LogP contribution in [0.2, 0.25) is 0 Å². The minimum absolute atomic E-state index is 0.00993. The lowest BCUT2D eigenvalue weighted by atomic mass is 10.0. The molecule has 0 aliphatic heterocycles. The molecule has 0 amide bonds.